The van der Waals surface area contributed by atoms with Crippen LogP contribution in [-0.4, -0.2) is 82.1 Å². The number of H-pyrrole nitrogens is 1. The number of aromatic amines is 1. The second-order valence-electron chi connectivity index (χ2n) is 11.5. The molecular formula is C37H48ClF3N10O5. The molecule has 2 aromatic carbocycles. The molecule has 0 fully saturated rings. The van der Waals surface area contributed by atoms with Gasteiger partial charge in [0.15, 0.2) is 23.1 Å². The SMILES string of the molecule is C=O.CC.CCc1ncnc(-c2ccc3oc(C)nc3c2)[nH]n(Cc2ccc(C(F)(F)F)cc2Cl)c(=O)c1N(CCNC)CCC1=NCNC(C)=C1O.NC=O. The van der Waals surface area contributed by atoms with Gasteiger partial charge in [-0.15, -0.1) is 0 Å². The molecule has 1 aliphatic heterocycles. The third-order valence-corrected chi connectivity index (χ3v) is 8.34. The quantitative estimate of drug-likeness (QED) is 0.117. The number of alkyl halides is 3. The number of carbonyl (C=O) groups is 2. The minimum absolute atomic E-state index is 0.0564. The van der Waals surface area contributed by atoms with Gasteiger partial charge in [0.2, 0.25) is 6.41 Å². The van der Waals surface area contributed by atoms with Crippen molar-refractivity contribution in [3.05, 3.63) is 92.3 Å². The van der Waals surface area contributed by atoms with E-state index in [0.29, 0.717) is 78.8 Å². The van der Waals surface area contributed by atoms with Crippen molar-refractivity contribution in [1.29, 1.82) is 0 Å². The molecular weight excluding hydrogens is 757 g/mol. The van der Waals surface area contributed by atoms with Crippen LogP contribution >= 0.6 is 11.6 Å². The van der Waals surface area contributed by atoms with Crippen LogP contribution < -0.4 is 26.8 Å². The highest BCUT2D eigenvalue weighted by atomic mass is 35.5. The summed E-state index contributed by atoms with van der Waals surface area (Å²) in [4.78, 5) is 51.2. The Bertz CT molecular complexity index is 2090. The molecule has 0 saturated heterocycles. The second kappa shape index (κ2) is 22.6. The van der Waals surface area contributed by atoms with Crippen molar-refractivity contribution in [2.24, 2.45) is 10.7 Å². The van der Waals surface area contributed by atoms with Gasteiger partial charge in [-0.05, 0) is 56.3 Å². The number of aliphatic hydroxyl groups is 1. The van der Waals surface area contributed by atoms with E-state index in [1.54, 1.807) is 39.1 Å². The number of nitrogens with two attached hydrogens (primary N) is 1. The Hall–Kier alpha value is -5.75. The highest BCUT2D eigenvalue weighted by Crippen LogP contribution is 2.32. The molecule has 2 aromatic heterocycles. The number of aryl methyl sites for hydroxylation is 2. The maximum Gasteiger partial charge on any atom is 0.416 e. The normalized spacial score (nSPS) is 12.1. The number of benzene rings is 2. The average molecular weight is 805 g/mol. The number of fused-ring (bicyclic) bond motifs is 1. The summed E-state index contributed by atoms with van der Waals surface area (Å²) in [5.41, 5.74) is 6.49. The summed E-state index contributed by atoms with van der Waals surface area (Å²) in [5, 5.41) is 19.7. The van der Waals surface area contributed by atoms with Crippen LogP contribution in [-0.2, 0) is 28.7 Å². The van der Waals surface area contributed by atoms with Gasteiger partial charge in [0.05, 0.1) is 29.2 Å². The summed E-state index contributed by atoms with van der Waals surface area (Å²) in [6.45, 7) is 12.6. The van der Waals surface area contributed by atoms with E-state index < -0.39 is 17.3 Å². The van der Waals surface area contributed by atoms with E-state index in [9.17, 15) is 23.1 Å². The summed E-state index contributed by atoms with van der Waals surface area (Å²) in [6, 6.07) is 8.23. The fourth-order valence-electron chi connectivity index (χ4n) is 5.36. The molecule has 0 aliphatic carbocycles. The molecule has 0 atom stereocenters. The van der Waals surface area contributed by atoms with Crippen LogP contribution in [0, 0.1) is 6.92 Å². The predicted octanol–water partition coefficient (Wildman–Crippen LogP) is 5.64. The number of hydrogen-bond donors (Lipinski definition) is 5. The van der Waals surface area contributed by atoms with Gasteiger partial charge < -0.3 is 35.6 Å². The number of aliphatic hydroxyl groups excluding tert-OH is 1. The number of oxazole rings is 1. The fraction of sp³-hybridized carbons (Fsp3) is 0.378. The number of hydrogen-bond acceptors (Lipinski definition) is 12. The molecule has 0 radical (unpaired) electrons. The highest BCUT2D eigenvalue weighted by Gasteiger charge is 2.31. The van der Waals surface area contributed by atoms with E-state index >= 15 is 0 Å². The molecule has 0 saturated carbocycles. The molecule has 1 aliphatic rings. The highest BCUT2D eigenvalue weighted by molar-refractivity contribution is 6.31. The third kappa shape index (κ3) is 12.4. The van der Waals surface area contributed by atoms with Crippen LogP contribution in [0.4, 0.5) is 18.9 Å². The third-order valence-electron chi connectivity index (χ3n) is 7.98. The summed E-state index contributed by atoms with van der Waals surface area (Å²) >= 11 is 6.40. The van der Waals surface area contributed by atoms with E-state index in [-0.39, 0.29) is 40.8 Å². The van der Waals surface area contributed by atoms with E-state index in [2.05, 4.69) is 41.4 Å². The summed E-state index contributed by atoms with van der Waals surface area (Å²) in [6.07, 6.45) is -2.31. The lowest BCUT2D eigenvalue weighted by Crippen LogP contribution is -2.39. The van der Waals surface area contributed by atoms with Crippen molar-refractivity contribution >= 4 is 47.3 Å². The number of primary amides is 1. The summed E-state index contributed by atoms with van der Waals surface area (Å²) < 4.78 is 47.3. The monoisotopic (exact) mass is 804 g/mol. The van der Waals surface area contributed by atoms with Crippen molar-refractivity contribution < 1.29 is 32.3 Å². The zero-order valence-corrected chi connectivity index (χ0v) is 32.9. The van der Waals surface area contributed by atoms with Gasteiger partial charge in [-0.1, -0.05) is 38.4 Å². The number of nitrogens with zero attached hydrogens (tertiary/aromatic N) is 6. The van der Waals surface area contributed by atoms with E-state index in [4.69, 9.17) is 25.6 Å². The first-order valence-electron chi connectivity index (χ1n) is 17.5. The number of aliphatic imine (C=N–C) groups is 1. The average Bonchev–Trinajstić information content (AvgIpc) is 3.58. The summed E-state index contributed by atoms with van der Waals surface area (Å²) in [7, 11) is 1.79. The Kier molecular flexibility index (Phi) is 18.7. The number of carbonyl (C=O) groups excluding carboxylic acids is 2. The van der Waals surface area contributed by atoms with Gasteiger partial charge in [-0.25, -0.2) is 19.6 Å². The number of halogens is 4. The van der Waals surface area contributed by atoms with Crippen LogP contribution in [0.3, 0.4) is 0 Å². The standard InChI is InChI=1S/C33H37ClF3N9O3.C2H6.CH3NO.CH2O/c1-5-25-29(45(13-11-38-4)12-10-26-30(47)19(2)39-17-41-26)32(48)46(16-22-6-8-23(15-24(22)34)33(35,36)37)44-31(42-18-40-25)21-7-9-28-27(14-21)43-20(3)49-28;1-2;2-1-3;1-2/h6-9,14-15,18,38-39,47H,5,10-13,16-17H2,1-4H3,(H,40,42,44);1-2H3;1H,(H2,2,3);1H2. The van der Waals surface area contributed by atoms with Crippen molar-refractivity contribution in [3.63, 3.8) is 0 Å². The molecule has 0 unspecified atom stereocenters. The number of nitrogens with one attached hydrogen (secondary N) is 3. The predicted molar refractivity (Wildman–Crippen MR) is 211 cm³/mol. The molecule has 19 heteroatoms. The Labute approximate surface area is 327 Å². The van der Waals surface area contributed by atoms with Crippen LogP contribution in [0.1, 0.15) is 56.8 Å². The van der Waals surface area contributed by atoms with Crippen LogP contribution in [0.25, 0.3) is 22.5 Å². The minimum Gasteiger partial charge on any atom is -0.504 e. The first-order valence-corrected chi connectivity index (χ1v) is 17.8. The molecule has 304 valence electrons. The molecule has 1 amide bonds. The zero-order valence-electron chi connectivity index (χ0n) is 32.1. The van der Waals surface area contributed by atoms with Gasteiger partial charge in [-0.2, -0.15) is 13.2 Å². The van der Waals surface area contributed by atoms with Gasteiger partial charge in [0, 0.05) is 43.6 Å². The number of amides is 1. The minimum atomic E-state index is -4.59. The van der Waals surface area contributed by atoms with Gasteiger partial charge in [-0.3, -0.25) is 19.7 Å². The molecule has 56 heavy (non-hydrogen) atoms. The lowest BCUT2D eigenvalue weighted by atomic mass is 10.1. The van der Waals surface area contributed by atoms with Crippen LogP contribution in [0.5, 0.6) is 0 Å². The number of anilines is 1. The lowest BCUT2D eigenvalue weighted by molar-refractivity contribution is -0.137. The molecule has 0 bridgehead atoms. The number of aromatic nitrogens is 5. The maximum atomic E-state index is 14.8. The number of allylic oxidation sites excluding steroid dienone is 2. The number of likely N-dealkylation sites (N-methyl/N-ethyl adjacent to an activating group) is 1. The van der Waals surface area contributed by atoms with E-state index in [0.717, 1.165) is 12.1 Å². The Morgan fingerprint density at radius 2 is 1.84 bits per heavy atom. The van der Waals surface area contributed by atoms with Crippen molar-refractivity contribution in [3.8, 4) is 11.4 Å². The Morgan fingerprint density at radius 1 is 1.14 bits per heavy atom. The molecule has 0 spiro atoms. The van der Waals surface area contributed by atoms with Crippen LogP contribution in [0.2, 0.25) is 5.02 Å². The molecule has 6 N–H and O–H groups in total. The van der Waals surface area contributed by atoms with Gasteiger partial charge in [0.1, 0.15) is 31.0 Å². The van der Waals surface area contributed by atoms with E-state index in [1.165, 1.54) is 17.1 Å². The Balaban J connectivity index is 0.00000145. The fourth-order valence-corrected chi connectivity index (χ4v) is 5.60. The zero-order chi connectivity index (χ0) is 42.0. The van der Waals surface area contributed by atoms with E-state index in [1.807, 2.05) is 32.5 Å². The second-order valence-corrected chi connectivity index (χ2v) is 11.9. The first-order chi connectivity index (χ1) is 26.8. The van der Waals surface area contributed by atoms with Gasteiger partial charge >= 0.3 is 6.18 Å². The van der Waals surface area contributed by atoms with Crippen molar-refractivity contribution in [2.75, 3.05) is 38.3 Å². The molecule has 3 heterocycles. The topological polar surface area (TPSA) is 210 Å². The lowest BCUT2D eigenvalue weighted by Gasteiger charge is -2.26. The largest absolute Gasteiger partial charge is 0.504 e. The maximum absolute atomic E-state index is 14.8. The Morgan fingerprint density at radius 3 is 2.46 bits per heavy atom. The molecule has 5 rings (SSSR count). The van der Waals surface area contributed by atoms with Gasteiger partial charge in [0.25, 0.3) is 5.56 Å². The molecule has 15 nitrogen and oxygen atoms in total. The van der Waals surface area contributed by atoms with Crippen molar-refractivity contribution in [2.45, 2.75) is 60.2 Å². The molecule has 4 aromatic rings. The summed E-state index contributed by atoms with van der Waals surface area (Å²) in [5.74, 6) is 0.765. The smallest absolute Gasteiger partial charge is 0.416 e. The number of rotatable bonds is 11. The van der Waals surface area contributed by atoms with Crippen LogP contribution in [0.15, 0.2) is 68.4 Å². The van der Waals surface area contributed by atoms with Crippen molar-refractivity contribution in [1.82, 2.24) is 35.4 Å². The first kappa shape index (κ1) is 46.4.